The van der Waals surface area contributed by atoms with Crippen molar-refractivity contribution in [3.63, 3.8) is 0 Å². The van der Waals surface area contributed by atoms with Gasteiger partial charge in [0.15, 0.2) is 0 Å². The summed E-state index contributed by atoms with van der Waals surface area (Å²) in [5, 5.41) is 8.16. The first-order valence-corrected chi connectivity index (χ1v) is 8.72. The SMILES string of the molecule is COc1ccccc1N1CCC[C@@H](N[C@H](C)c2cnn(C)c2C)C1. The molecule has 3 rings (SSSR count). The van der Waals surface area contributed by atoms with Crippen molar-refractivity contribution in [2.24, 2.45) is 7.05 Å². The number of ether oxygens (including phenoxy) is 1. The minimum Gasteiger partial charge on any atom is -0.495 e. The van der Waals surface area contributed by atoms with Crippen molar-refractivity contribution in [3.8, 4) is 5.75 Å². The highest BCUT2D eigenvalue weighted by Gasteiger charge is 2.24. The summed E-state index contributed by atoms with van der Waals surface area (Å²) in [4.78, 5) is 2.43. The van der Waals surface area contributed by atoms with Crippen LogP contribution in [0.2, 0.25) is 0 Å². The van der Waals surface area contributed by atoms with E-state index in [4.69, 9.17) is 4.74 Å². The van der Waals surface area contributed by atoms with Gasteiger partial charge in [0.05, 0.1) is 19.0 Å². The third kappa shape index (κ3) is 3.41. The molecule has 1 aromatic carbocycles. The molecule has 5 nitrogen and oxygen atoms in total. The van der Waals surface area contributed by atoms with E-state index < -0.39 is 0 Å². The first-order valence-electron chi connectivity index (χ1n) is 8.72. The Labute approximate surface area is 144 Å². The second-order valence-corrected chi connectivity index (χ2v) is 6.65. The Morgan fingerprint density at radius 2 is 2.12 bits per heavy atom. The van der Waals surface area contributed by atoms with Crippen LogP contribution in [0.3, 0.4) is 0 Å². The molecule has 1 aliphatic rings. The predicted octanol–water partition coefficient (Wildman–Crippen LogP) is 3.06. The van der Waals surface area contributed by atoms with Crippen molar-refractivity contribution >= 4 is 5.69 Å². The van der Waals surface area contributed by atoms with Crippen molar-refractivity contribution in [1.82, 2.24) is 15.1 Å². The van der Waals surface area contributed by atoms with Crippen LogP contribution >= 0.6 is 0 Å². The highest BCUT2D eigenvalue weighted by atomic mass is 16.5. The van der Waals surface area contributed by atoms with Crippen LogP contribution in [-0.4, -0.2) is 36.0 Å². The fourth-order valence-corrected chi connectivity index (χ4v) is 3.61. The predicted molar refractivity (Wildman–Crippen MR) is 97.7 cm³/mol. The van der Waals surface area contributed by atoms with Crippen LogP contribution in [0, 0.1) is 6.92 Å². The molecule has 2 aromatic rings. The highest BCUT2D eigenvalue weighted by molar-refractivity contribution is 5.58. The number of benzene rings is 1. The van der Waals surface area contributed by atoms with Crippen molar-refractivity contribution in [3.05, 3.63) is 41.7 Å². The van der Waals surface area contributed by atoms with Crippen molar-refractivity contribution < 1.29 is 4.74 Å². The third-order valence-electron chi connectivity index (χ3n) is 5.07. The summed E-state index contributed by atoms with van der Waals surface area (Å²) in [6.45, 7) is 6.44. The topological polar surface area (TPSA) is 42.3 Å². The standard InChI is InChI=1S/C19H28N4O/c1-14(17-12-20-22(3)15(17)2)21-16-8-7-11-23(13-16)18-9-5-6-10-19(18)24-4/h5-6,9-10,12,14,16,21H,7-8,11,13H2,1-4H3/t14-,16-/m1/s1. The number of piperidine rings is 1. The number of nitrogens with one attached hydrogen (secondary N) is 1. The van der Waals surface area contributed by atoms with E-state index in [9.17, 15) is 0 Å². The molecule has 0 saturated carbocycles. The van der Waals surface area contributed by atoms with Gasteiger partial charge in [0, 0.05) is 43.5 Å². The van der Waals surface area contributed by atoms with E-state index in [-0.39, 0.29) is 0 Å². The van der Waals surface area contributed by atoms with Crippen LogP contribution in [0.25, 0.3) is 0 Å². The Balaban J connectivity index is 1.68. The molecule has 24 heavy (non-hydrogen) atoms. The van der Waals surface area contributed by atoms with Gasteiger partial charge in [-0.15, -0.1) is 0 Å². The molecule has 130 valence electrons. The van der Waals surface area contributed by atoms with E-state index in [2.05, 4.69) is 41.3 Å². The number of rotatable bonds is 5. The minimum atomic E-state index is 0.307. The Hall–Kier alpha value is -2.01. The van der Waals surface area contributed by atoms with Gasteiger partial charge in [-0.05, 0) is 38.8 Å². The van der Waals surface area contributed by atoms with Gasteiger partial charge >= 0.3 is 0 Å². The average molecular weight is 328 g/mol. The molecule has 0 spiro atoms. The maximum Gasteiger partial charge on any atom is 0.142 e. The van der Waals surface area contributed by atoms with Gasteiger partial charge in [-0.25, -0.2) is 0 Å². The zero-order valence-corrected chi connectivity index (χ0v) is 15.1. The van der Waals surface area contributed by atoms with E-state index >= 15 is 0 Å². The van der Waals surface area contributed by atoms with E-state index in [1.54, 1.807) is 7.11 Å². The number of para-hydroxylation sites is 2. The number of anilines is 1. The van der Waals surface area contributed by atoms with Gasteiger partial charge in [-0.2, -0.15) is 5.10 Å². The molecule has 1 N–H and O–H groups in total. The smallest absolute Gasteiger partial charge is 0.142 e. The van der Waals surface area contributed by atoms with Gasteiger partial charge in [-0.1, -0.05) is 12.1 Å². The van der Waals surface area contributed by atoms with Crippen molar-refractivity contribution in [2.75, 3.05) is 25.1 Å². The Morgan fingerprint density at radius 3 is 2.83 bits per heavy atom. The quantitative estimate of drug-likeness (QED) is 0.916. The molecule has 5 heteroatoms. The molecular formula is C19H28N4O. The van der Waals surface area contributed by atoms with E-state index in [1.807, 2.05) is 30.1 Å². The summed E-state index contributed by atoms with van der Waals surface area (Å²) < 4.78 is 7.47. The van der Waals surface area contributed by atoms with Gasteiger partial charge in [0.1, 0.15) is 5.75 Å². The minimum absolute atomic E-state index is 0.307. The third-order valence-corrected chi connectivity index (χ3v) is 5.07. The zero-order valence-electron chi connectivity index (χ0n) is 15.1. The molecule has 1 aromatic heterocycles. The van der Waals surface area contributed by atoms with Crippen LogP contribution < -0.4 is 15.0 Å². The molecule has 0 amide bonds. The zero-order chi connectivity index (χ0) is 17.1. The van der Waals surface area contributed by atoms with Crippen LogP contribution in [-0.2, 0) is 7.05 Å². The summed E-state index contributed by atoms with van der Waals surface area (Å²) in [7, 11) is 3.74. The second kappa shape index (κ2) is 7.26. The number of methoxy groups -OCH3 is 1. The molecular weight excluding hydrogens is 300 g/mol. The van der Waals surface area contributed by atoms with Crippen LogP contribution in [0.4, 0.5) is 5.69 Å². The number of nitrogens with zero attached hydrogens (tertiary/aromatic N) is 3. The lowest BCUT2D eigenvalue weighted by Gasteiger charge is -2.36. The second-order valence-electron chi connectivity index (χ2n) is 6.65. The normalized spacial score (nSPS) is 19.3. The Morgan fingerprint density at radius 1 is 1.33 bits per heavy atom. The van der Waals surface area contributed by atoms with E-state index in [0.29, 0.717) is 12.1 Å². The Bertz CT molecular complexity index is 682. The van der Waals surface area contributed by atoms with E-state index in [0.717, 1.165) is 18.8 Å². The van der Waals surface area contributed by atoms with Crippen molar-refractivity contribution in [2.45, 2.75) is 38.8 Å². The van der Waals surface area contributed by atoms with Crippen LogP contribution in [0.15, 0.2) is 30.5 Å². The summed E-state index contributed by atoms with van der Waals surface area (Å²) in [5.74, 6) is 0.953. The van der Waals surface area contributed by atoms with Crippen molar-refractivity contribution in [1.29, 1.82) is 0 Å². The number of aryl methyl sites for hydroxylation is 1. The molecule has 2 heterocycles. The first kappa shape index (κ1) is 16.8. The van der Waals surface area contributed by atoms with Gasteiger partial charge in [0.2, 0.25) is 0 Å². The van der Waals surface area contributed by atoms with Gasteiger partial charge in [0.25, 0.3) is 0 Å². The molecule has 0 radical (unpaired) electrons. The molecule has 0 aliphatic carbocycles. The average Bonchev–Trinajstić information content (AvgIpc) is 2.94. The molecule has 1 aliphatic heterocycles. The fraction of sp³-hybridized carbons (Fsp3) is 0.526. The van der Waals surface area contributed by atoms with Gasteiger partial charge < -0.3 is 15.0 Å². The maximum absolute atomic E-state index is 5.53. The monoisotopic (exact) mass is 328 g/mol. The molecule has 0 unspecified atom stereocenters. The maximum atomic E-state index is 5.53. The summed E-state index contributed by atoms with van der Waals surface area (Å²) >= 11 is 0. The van der Waals surface area contributed by atoms with E-state index in [1.165, 1.54) is 29.8 Å². The highest BCUT2D eigenvalue weighted by Crippen LogP contribution is 2.30. The number of hydrogen-bond acceptors (Lipinski definition) is 4. The number of hydrogen-bond donors (Lipinski definition) is 1. The fourth-order valence-electron chi connectivity index (χ4n) is 3.61. The van der Waals surface area contributed by atoms with Gasteiger partial charge in [-0.3, -0.25) is 4.68 Å². The Kier molecular flexibility index (Phi) is 5.09. The lowest BCUT2D eigenvalue weighted by molar-refractivity contribution is 0.380. The van der Waals surface area contributed by atoms with Crippen LogP contribution in [0.5, 0.6) is 5.75 Å². The lowest BCUT2D eigenvalue weighted by atomic mass is 10.0. The summed E-state index contributed by atoms with van der Waals surface area (Å²) in [5.41, 5.74) is 3.70. The molecule has 0 bridgehead atoms. The largest absolute Gasteiger partial charge is 0.495 e. The molecule has 1 fully saturated rings. The number of aromatic nitrogens is 2. The summed E-state index contributed by atoms with van der Waals surface area (Å²) in [6, 6.07) is 9.06. The molecule has 2 atom stereocenters. The first-order chi connectivity index (χ1) is 11.6. The van der Waals surface area contributed by atoms with Crippen LogP contribution in [0.1, 0.15) is 37.1 Å². The summed E-state index contributed by atoms with van der Waals surface area (Å²) in [6.07, 6.45) is 4.37. The lowest BCUT2D eigenvalue weighted by Crippen LogP contribution is -2.46. The molecule has 1 saturated heterocycles.